The molecule has 2 nitrogen and oxygen atoms in total. The molecule has 17 heavy (non-hydrogen) atoms. The molecule has 1 aliphatic carbocycles. The number of aliphatic hydroxyl groups excluding tert-OH is 1. The summed E-state index contributed by atoms with van der Waals surface area (Å²) in [7, 11) is 2.14. The van der Waals surface area contributed by atoms with Gasteiger partial charge in [-0.05, 0) is 37.6 Å². The minimum atomic E-state index is 0.181. The number of nitrogens with zero attached hydrogens (tertiary/aromatic N) is 1. The summed E-state index contributed by atoms with van der Waals surface area (Å²) in [4.78, 5) is 2.32. The molecule has 0 aromatic heterocycles. The maximum Gasteiger partial charge on any atom is 0.0499 e. The third-order valence-electron chi connectivity index (χ3n) is 3.70. The van der Waals surface area contributed by atoms with Gasteiger partial charge in [0.05, 0.1) is 0 Å². The van der Waals surface area contributed by atoms with Crippen molar-refractivity contribution >= 4 is 15.9 Å². The van der Waals surface area contributed by atoms with E-state index in [0.29, 0.717) is 6.61 Å². The molecule has 1 N–H and O–H groups in total. The Kier molecular flexibility index (Phi) is 4.23. The number of hydrogen-bond donors (Lipinski definition) is 1. The van der Waals surface area contributed by atoms with E-state index in [4.69, 9.17) is 0 Å². The second-order valence-corrected chi connectivity index (χ2v) is 6.23. The Morgan fingerprint density at radius 2 is 2.18 bits per heavy atom. The molecule has 1 fully saturated rings. The molecule has 2 rings (SSSR count). The summed E-state index contributed by atoms with van der Waals surface area (Å²) >= 11 is 3.49. The van der Waals surface area contributed by atoms with Gasteiger partial charge in [-0.1, -0.05) is 34.5 Å². The number of rotatable bonds is 5. The number of hydrogen-bond acceptors (Lipinski definition) is 2. The van der Waals surface area contributed by atoms with Crippen LogP contribution in [0.25, 0.3) is 0 Å². The van der Waals surface area contributed by atoms with Crippen LogP contribution in [0, 0.1) is 5.41 Å². The summed E-state index contributed by atoms with van der Waals surface area (Å²) in [6.45, 7) is 2.27. The van der Waals surface area contributed by atoms with Crippen LogP contribution in [0.4, 0.5) is 0 Å². The van der Waals surface area contributed by atoms with Crippen molar-refractivity contribution in [3.05, 3.63) is 34.3 Å². The van der Waals surface area contributed by atoms with Crippen LogP contribution in [-0.4, -0.2) is 30.2 Å². The highest BCUT2D eigenvalue weighted by Gasteiger charge is 2.37. The highest BCUT2D eigenvalue weighted by Crippen LogP contribution is 2.40. The lowest BCUT2D eigenvalue weighted by atomic mass is 9.69. The van der Waals surface area contributed by atoms with Gasteiger partial charge in [0, 0.05) is 29.6 Å². The van der Waals surface area contributed by atoms with Crippen molar-refractivity contribution in [3.8, 4) is 0 Å². The number of halogens is 1. The van der Waals surface area contributed by atoms with Crippen molar-refractivity contribution in [2.24, 2.45) is 5.41 Å². The Morgan fingerprint density at radius 1 is 1.41 bits per heavy atom. The van der Waals surface area contributed by atoms with Crippen molar-refractivity contribution < 1.29 is 5.11 Å². The van der Waals surface area contributed by atoms with Crippen LogP contribution in [0.15, 0.2) is 28.7 Å². The Bertz CT molecular complexity index is 371. The predicted molar refractivity (Wildman–Crippen MR) is 73.8 cm³/mol. The van der Waals surface area contributed by atoms with E-state index in [0.717, 1.165) is 17.6 Å². The second kappa shape index (κ2) is 5.51. The van der Waals surface area contributed by atoms with Crippen LogP contribution in [0.3, 0.4) is 0 Å². The van der Waals surface area contributed by atoms with E-state index in [9.17, 15) is 5.11 Å². The third-order valence-corrected chi connectivity index (χ3v) is 4.19. The monoisotopic (exact) mass is 297 g/mol. The molecule has 3 heteroatoms. The Morgan fingerprint density at radius 3 is 2.71 bits per heavy atom. The Hall–Kier alpha value is -0.380. The fourth-order valence-corrected chi connectivity index (χ4v) is 3.07. The van der Waals surface area contributed by atoms with Crippen molar-refractivity contribution in [1.29, 1.82) is 0 Å². The molecule has 0 bridgehead atoms. The molecule has 1 aromatic rings. The van der Waals surface area contributed by atoms with Crippen molar-refractivity contribution in [1.82, 2.24) is 4.90 Å². The third kappa shape index (κ3) is 3.30. The van der Waals surface area contributed by atoms with Crippen LogP contribution in [-0.2, 0) is 6.54 Å². The zero-order valence-electron chi connectivity index (χ0n) is 10.3. The Labute approximate surface area is 112 Å². The van der Waals surface area contributed by atoms with Crippen molar-refractivity contribution in [2.75, 3.05) is 20.2 Å². The van der Waals surface area contributed by atoms with E-state index in [1.54, 1.807) is 0 Å². The summed E-state index contributed by atoms with van der Waals surface area (Å²) in [5, 5.41) is 9.46. The van der Waals surface area contributed by atoms with Crippen LogP contribution in [0.2, 0.25) is 0 Å². The minimum Gasteiger partial charge on any atom is -0.396 e. The van der Waals surface area contributed by atoms with Gasteiger partial charge in [-0.2, -0.15) is 0 Å². The van der Waals surface area contributed by atoms with Gasteiger partial charge in [0.1, 0.15) is 0 Å². The maximum absolute atomic E-state index is 9.46. The molecule has 0 atom stereocenters. The van der Waals surface area contributed by atoms with Crippen molar-refractivity contribution in [2.45, 2.75) is 25.8 Å². The van der Waals surface area contributed by atoms with E-state index in [1.165, 1.54) is 24.8 Å². The normalized spacial score (nSPS) is 18.1. The highest BCUT2D eigenvalue weighted by molar-refractivity contribution is 9.10. The minimum absolute atomic E-state index is 0.181. The van der Waals surface area contributed by atoms with E-state index in [2.05, 4.69) is 46.1 Å². The molecule has 0 spiro atoms. The fraction of sp³-hybridized carbons (Fsp3) is 0.571. The predicted octanol–water partition coefficient (Wildman–Crippen LogP) is 3.04. The van der Waals surface area contributed by atoms with Gasteiger partial charge in [0.25, 0.3) is 0 Å². The summed E-state index contributed by atoms with van der Waals surface area (Å²) in [5.41, 5.74) is 1.50. The van der Waals surface area contributed by atoms with Crippen molar-refractivity contribution in [3.63, 3.8) is 0 Å². The quantitative estimate of drug-likeness (QED) is 0.903. The average molecular weight is 298 g/mol. The van der Waals surface area contributed by atoms with Gasteiger partial charge in [0.15, 0.2) is 0 Å². The molecule has 1 aliphatic rings. The smallest absolute Gasteiger partial charge is 0.0499 e. The molecule has 0 unspecified atom stereocenters. The summed E-state index contributed by atoms with van der Waals surface area (Å²) in [5.74, 6) is 0. The molecular weight excluding hydrogens is 278 g/mol. The molecule has 1 aromatic carbocycles. The van der Waals surface area contributed by atoms with Gasteiger partial charge in [-0.15, -0.1) is 0 Å². The van der Waals surface area contributed by atoms with Crippen LogP contribution in [0.1, 0.15) is 24.8 Å². The Balaban J connectivity index is 1.90. The molecule has 0 heterocycles. The zero-order chi connectivity index (χ0) is 12.3. The van der Waals surface area contributed by atoms with E-state index < -0.39 is 0 Å². The lowest BCUT2D eigenvalue weighted by Crippen LogP contribution is -2.43. The number of aliphatic hydroxyl groups is 1. The first kappa shape index (κ1) is 13.1. The topological polar surface area (TPSA) is 23.5 Å². The summed E-state index contributed by atoms with van der Waals surface area (Å²) < 4.78 is 1.13. The highest BCUT2D eigenvalue weighted by atomic mass is 79.9. The van der Waals surface area contributed by atoms with Crippen LogP contribution >= 0.6 is 15.9 Å². The maximum atomic E-state index is 9.46. The fourth-order valence-electron chi connectivity index (χ4n) is 2.62. The average Bonchev–Trinajstić information content (AvgIpc) is 2.23. The largest absolute Gasteiger partial charge is 0.396 e. The van der Waals surface area contributed by atoms with Gasteiger partial charge in [-0.25, -0.2) is 0 Å². The second-order valence-electron chi connectivity index (χ2n) is 5.31. The molecule has 94 valence electrons. The first-order chi connectivity index (χ1) is 8.13. The van der Waals surface area contributed by atoms with E-state index >= 15 is 0 Å². The molecule has 0 amide bonds. The van der Waals surface area contributed by atoms with Gasteiger partial charge in [-0.3, -0.25) is 0 Å². The van der Waals surface area contributed by atoms with Gasteiger partial charge in [0.2, 0.25) is 0 Å². The first-order valence-electron chi connectivity index (χ1n) is 6.17. The SMILES string of the molecule is CN(Cc1cccc(Br)c1)CC1(CO)CCC1. The number of benzene rings is 1. The zero-order valence-corrected chi connectivity index (χ0v) is 11.9. The summed E-state index contributed by atoms with van der Waals surface area (Å²) in [6, 6.07) is 8.42. The molecule has 1 saturated carbocycles. The summed E-state index contributed by atoms with van der Waals surface area (Å²) in [6.07, 6.45) is 3.62. The van der Waals surface area contributed by atoms with Gasteiger partial charge < -0.3 is 10.0 Å². The van der Waals surface area contributed by atoms with Crippen LogP contribution < -0.4 is 0 Å². The van der Waals surface area contributed by atoms with Gasteiger partial charge >= 0.3 is 0 Å². The molecular formula is C14H20BrNO. The van der Waals surface area contributed by atoms with Crippen LogP contribution in [0.5, 0.6) is 0 Å². The van der Waals surface area contributed by atoms with E-state index in [1.807, 2.05) is 6.07 Å². The molecule has 0 radical (unpaired) electrons. The standard InChI is InChI=1S/C14H20BrNO/c1-16(10-14(11-17)6-3-7-14)9-12-4-2-5-13(15)8-12/h2,4-5,8,17H,3,6-7,9-11H2,1H3. The lowest BCUT2D eigenvalue weighted by Gasteiger charge is -2.43. The first-order valence-corrected chi connectivity index (χ1v) is 6.97. The van der Waals surface area contributed by atoms with E-state index in [-0.39, 0.29) is 5.41 Å². The lowest BCUT2D eigenvalue weighted by molar-refractivity contribution is 0.0127. The molecule has 0 aliphatic heterocycles. The molecule has 0 saturated heterocycles.